The summed E-state index contributed by atoms with van der Waals surface area (Å²) in [4.78, 5) is 6.19. The molecule has 1 aromatic carbocycles. The molecular formula is C18H18BrF3N2O2. The highest BCUT2D eigenvalue weighted by atomic mass is 79.9. The molecule has 1 saturated heterocycles. The van der Waals surface area contributed by atoms with Gasteiger partial charge in [-0.15, -0.1) is 0 Å². The van der Waals surface area contributed by atoms with Crippen LogP contribution in [0.3, 0.4) is 0 Å². The van der Waals surface area contributed by atoms with Crippen LogP contribution in [0.4, 0.5) is 13.2 Å². The first-order valence-corrected chi connectivity index (χ1v) is 8.92. The van der Waals surface area contributed by atoms with Crippen molar-refractivity contribution in [3.8, 4) is 5.88 Å². The number of ether oxygens (including phenoxy) is 2. The van der Waals surface area contributed by atoms with Crippen LogP contribution < -0.4 is 4.74 Å². The third kappa shape index (κ3) is 5.69. The van der Waals surface area contributed by atoms with Gasteiger partial charge in [0.25, 0.3) is 0 Å². The molecule has 1 aromatic heterocycles. The van der Waals surface area contributed by atoms with E-state index >= 15 is 0 Å². The smallest absolute Gasteiger partial charge is 0.422 e. The van der Waals surface area contributed by atoms with Crippen molar-refractivity contribution in [2.45, 2.75) is 18.8 Å². The van der Waals surface area contributed by atoms with Crippen molar-refractivity contribution in [2.24, 2.45) is 0 Å². The minimum absolute atomic E-state index is 0.0106. The van der Waals surface area contributed by atoms with Gasteiger partial charge in [-0.05, 0) is 23.3 Å². The van der Waals surface area contributed by atoms with Crippen LogP contribution in [0.25, 0.3) is 0 Å². The molecule has 3 rings (SSSR count). The quantitative estimate of drug-likeness (QED) is 0.705. The zero-order valence-corrected chi connectivity index (χ0v) is 15.5. The molecule has 1 atom stereocenters. The van der Waals surface area contributed by atoms with Gasteiger partial charge in [-0.25, -0.2) is 4.98 Å². The number of nitrogens with zero attached hydrogens (tertiary/aromatic N) is 2. The molecule has 2 aromatic rings. The van der Waals surface area contributed by atoms with Crippen molar-refractivity contribution >= 4 is 15.9 Å². The Hall–Kier alpha value is -1.64. The monoisotopic (exact) mass is 430 g/mol. The molecule has 2 heterocycles. The molecule has 0 spiro atoms. The summed E-state index contributed by atoms with van der Waals surface area (Å²) in [7, 11) is 0. The van der Waals surface area contributed by atoms with Crippen molar-refractivity contribution in [3.63, 3.8) is 0 Å². The number of rotatable bonds is 5. The summed E-state index contributed by atoms with van der Waals surface area (Å²) < 4.78 is 48.0. The minimum atomic E-state index is -4.37. The molecule has 26 heavy (non-hydrogen) atoms. The molecule has 1 aliphatic rings. The van der Waals surface area contributed by atoms with Gasteiger partial charge < -0.3 is 9.47 Å². The van der Waals surface area contributed by atoms with Crippen LogP contribution in [-0.2, 0) is 11.3 Å². The van der Waals surface area contributed by atoms with E-state index in [1.54, 1.807) is 12.3 Å². The van der Waals surface area contributed by atoms with E-state index in [4.69, 9.17) is 4.74 Å². The molecule has 0 radical (unpaired) electrons. The Morgan fingerprint density at radius 1 is 1.27 bits per heavy atom. The van der Waals surface area contributed by atoms with Gasteiger partial charge in [-0.2, -0.15) is 13.2 Å². The third-order valence-corrected chi connectivity index (χ3v) is 4.45. The maximum Gasteiger partial charge on any atom is 0.422 e. The summed E-state index contributed by atoms with van der Waals surface area (Å²) in [6.07, 6.45) is -2.83. The normalized spacial score (nSPS) is 18.7. The lowest BCUT2D eigenvalue weighted by molar-refractivity contribution is -0.154. The second-order valence-electron chi connectivity index (χ2n) is 6.06. The highest BCUT2D eigenvalue weighted by Crippen LogP contribution is 2.25. The fourth-order valence-electron chi connectivity index (χ4n) is 2.76. The Morgan fingerprint density at radius 2 is 2.12 bits per heavy atom. The zero-order valence-electron chi connectivity index (χ0n) is 13.9. The van der Waals surface area contributed by atoms with Gasteiger partial charge in [-0.3, -0.25) is 4.90 Å². The Bertz CT molecular complexity index is 725. The number of hydrogen-bond acceptors (Lipinski definition) is 4. The van der Waals surface area contributed by atoms with E-state index in [9.17, 15) is 13.2 Å². The van der Waals surface area contributed by atoms with E-state index in [0.29, 0.717) is 13.2 Å². The van der Waals surface area contributed by atoms with Crippen molar-refractivity contribution < 1.29 is 22.6 Å². The summed E-state index contributed by atoms with van der Waals surface area (Å²) in [5.41, 5.74) is 2.03. The Labute approximate surface area is 158 Å². The van der Waals surface area contributed by atoms with Crippen molar-refractivity contribution in [2.75, 3.05) is 26.3 Å². The number of alkyl halides is 3. The van der Waals surface area contributed by atoms with Crippen LogP contribution in [0.5, 0.6) is 5.88 Å². The Balaban J connectivity index is 1.56. The van der Waals surface area contributed by atoms with Gasteiger partial charge in [0.2, 0.25) is 5.88 Å². The summed E-state index contributed by atoms with van der Waals surface area (Å²) in [5.74, 6) is -0.0277. The van der Waals surface area contributed by atoms with Gasteiger partial charge in [0.1, 0.15) is 0 Å². The maximum atomic E-state index is 12.2. The third-order valence-electron chi connectivity index (χ3n) is 3.96. The van der Waals surface area contributed by atoms with Crippen LogP contribution in [0.2, 0.25) is 0 Å². The molecule has 1 aliphatic heterocycles. The second kappa shape index (κ2) is 8.37. The summed E-state index contributed by atoms with van der Waals surface area (Å²) in [6.45, 7) is 1.47. The molecule has 0 aliphatic carbocycles. The lowest BCUT2D eigenvalue weighted by Crippen LogP contribution is -2.37. The van der Waals surface area contributed by atoms with Crippen LogP contribution in [0, 0.1) is 0 Å². The van der Waals surface area contributed by atoms with Crippen molar-refractivity contribution in [3.05, 3.63) is 58.2 Å². The highest BCUT2D eigenvalue weighted by molar-refractivity contribution is 9.10. The molecule has 0 saturated carbocycles. The first-order valence-electron chi connectivity index (χ1n) is 8.13. The lowest BCUT2D eigenvalue weighted by Gasteiger charge is -2.33. The van der Waals surface area contributed by atoms with Crippen molar-refractivity contribution in [1.29, 1.82) is 0 Å². The molecule has 140 valence electrons. The van der Waals surface area contributed by atoms with Gasteiger partial charge in [-0.1, -0.05) is 34.1 Å². The van der Waals surface area contributed by atoms with Crippen LogP contribution in [0.15, 0.2) is 47.1 Å². The molecule has 0 bridgehead atoms. The summed E-state index contributed by atoms with van der Waals surface area (Å²) >= 11 is 3.47. The standard InChI is InChI=1S/C18H18BrF3N2O2/c19-15-3-1-2-14(8-15)16-11-24(6-7-25-16)10-13-4-5-17(23-9-13)26-12-18(20,21)22/h1-5,8-9,16H,6-7,10-12H2. The lowest BCUT2D eigenvalue weighted by atomic mass is 10.1. The summed E-state index contributed by atoms with van der Waals surface area (Å²) in [6, 6.07) is 11.2. The zero-order chi connectivity index (χ0) is 18.6. The fourth-order valence-corrected chi connectivity index (χ4v) is 3.18. The number of aromatic nitrogens is 1. The van der Waals surface area contributed by atoms with E-state index < -0.39 is 12.8 Å². The molecule has 0 N–H and O–H groups in total. The molecule has 0 amide bonds. The first kappa shape index (κ1) is 19.1. The van der Waals surface area contributed by atoms with E-state index in [2.05, 4.69) is 30.6 Å². The Kier molecular flexibility index (Phi) is 6.16. The molecule has 4 nitrogen and oxygen atoms in total. The molecule has 1 unspecified atom stereocenters. The maximum absolute atomic E-state index is 12.2. The number of pyridine rings is 1. The van der Waals surface area contributed by atoms with E-state index in [0.717, 1.165) is 28.7 Å². The predicted molar refractivity (Wildman–Crippen MR) is 93.9 cm³/mol. The van der Waals surface area contributed by atoms with Gasteiger partial charge in [0.05, 0.1) is 12.7 Å². The first-order chi connectivity index (χ1) is 12.4. The van der Waals surface area contributed by atoms with Crippen molar-refractivity contribution in [1.82, 2.24) is 9.88 Å². The predicted octanol–water partition coefficient (Wildman–Crippen LogP) is 4.36. The number of benzene rings is 1. The summed E-state index contributed by atoms with van der Waals surface area (Å²) in [5, 5.41) is 0. The van der Waals surface area contributed by atoms with E-state index in [-0.39, 0.29) is 12.0 Å². The highest BCUT2D eigenvalue weighted by Gasteiger charge is 2.28. The van der Waals surface area contributed by atoms with Crippen LogP contribution in [0.1, 0.15) is 17.2 Å². The van der Waals surface area contributed by atoms with Gasteiger partial charge >= 0.3 is 6.18 Å². The largest absolute Gasteiger partial charge is 0.468 e. The SMILES string of the molecule is FC(F)(F)COc1ccc(CN2CCOC(c3cccc(Br)c3)C2)cn1. The molecular weight excluding hydrogens is 413 g/mol. The fraction of sp³-hybridized carbons (Fsp3) is 0.389. The van der Waals surface area contributed by atoms with E-state index in [1.165, 1.54) is 6.07 Å². The number of halogens is 4. The van der Waals surface area contributed by atoms with Gasteiger partial charge in [0, 0.05) is 36.4 Å². The van der Waals surface area contributed by atoms with E-state index in [1.807, 2.05) is 24.3 Å². The number of hydrogen-bond donors (Lipinski definition) is 0. The molecule has 1 fully saturated rings. The van der Waals surface area contributed by atoms with Gasteiger partial charge in [0.15, 0.2) is 6.61 Å². The van der Waals surface area contributed by atoms with Crippen LogP contribution in [-0.4, -0.2) is 42.4 Å². The number of morpholine rings is 1. The molecule has 8 heteroatoms. The topological polar surface area (TPSA) is 34.6 Å². The minimum Gasteiger partial charge on any atom is -0.468 e. The second-order valence-corrected chi connectivity index (χ2v) is 6.97. The average Bonchev–Trinajstić information content (AvgIpc) is 2.61. The average molecular weight is 431 g/mol. The Morgan fingerprint density at radius 3 is 2.81 bits per heavy atom. The van der Waals surface area contributed by atoms with Crippen LogP contribution >= 0.6 is 15.9 Å².